The van der Waals surface area contributed by atoms with Crippen molar-refractivity contribution in [3.8, 4) is 5.75 Å². The molecule has 2 aromatic rings. The molecule has 0 aliphatic carbocycles. The molecule has 6 nitrogen and oxygen atoms in total. The number of rotatable bonds is 7. The summed E-state index contributed by atoms with van der Waals surface area (Å²) < 4.78 is 18.3. The van der Waals surface area contributed by atoms with Crippen LogP contribution in [0.3, 0.4) is 0 Å². The van der Waals surface area contributed by atoms with Crippen LogP contribution in [-0.4, -0.2) is 47.9 Å². The summed E-state index contributed by atoms with van der Waals surface area (Å²) in [5, 5.41) is 4.93. The molecule has 0 unspecified atom stereocenters. The van der Waals surface area contributed by atoms with Gasteiger partial charge >= 0.3 is 0 Å². The van der Waals surface area contributed by atoms with Crippen molar-refractivity contribution >= 4 is 23.2 Å². The van der Waals surface area contributed by atoms with E-state index in [2.05, 4.69) is 10.3 Å². The molecule has 144 valence electrons. The smallest absolute Gasteiger partial charge is 0.260 e. The summed E-state index contributed by atoms with van der Waals surface area (Å²) in [5.41, 5.74) is 2.77. The SMILES string of the molecule is O=C(NCCc1cscn1)C1CCN(C(=O)COc2ccc(F)cc2)CC1. The molecule has 8 heteroatoms. The minimum absolute atomic E-state index is 0.0416. The van der Waals surface area contributed by atoms with Crippen LogP contribution in [0.25, 0.3) is 0 Å². The van der Waals surface area contributed by atoms with E-state index in [0.29, 0.717) is 38.2 Å². The number of carbonyl (C=O) groups excluding carboxylic acids is 2. The molecule has 1 aromatic heterocycles. The summed E-state index contributed by atoms with van der Waals surface area (Å²) in [6.45, 7) is 1.56. The monoisotopic (exact) mass is 391 g/mol. The van der Waals surface area contributed by atoms with E-state index >= 15 is 0 Å². The second-order valence-electron chi connectivity index (χ2n) is 6.42. The van der Waals surface area contributed by atoms with Crippen LogP contribution in [0.2, 0.25) is 0 Å². The van der Waals surface area contributed by atoms with Crippen LogP contribution >= 0.6 is 11.3 Å². The normalized spacial score (nSPS) is 14.8. The first-order valence-corrected chi connectivity index (χ1v) is 9.87. The van der Waals surface area contributed by atoms with Crippen molar-refractivity contribution in [3.63, 3.8) is 0 Å². The Bertz CT molecular complexity index is 744. The zero-order valence-electron chi connectivity index (χ0n) is 14.9. The highest BCUT2D eigenvalue weighted by molar-refractivity contribution is 7.07. The molecule has 1 aliphatic rings. The van der Waals surface area contributed by atoms with E-state index in [1.807, 2.05) is 5.38 Å². The molecule has 0 bridgehead atoms. The zero-order valence-corrected chi connectivity index (χ0v) is 15.7. The minimum atomic E-state index is -0.347. The lowest BCUT2D eigenvalue weighted by atomic mass is 9.96. The van der Waals surface area contributed by atoms with Crippen molar-refractivity contribution in [2.75, 3.05) is 26.2 Å². The Morgan fingerprint density at radius 2 is 2.00 bits per heavy atom. The predicted octanol–water partition coefficient (Wildman–Crippen LogP) is 2.26. The van der Waals surface area contributed by atoms with Crippen LogP contribution in [0, 0.1) is 11.7 Å². The third-order valence-electron chi connectivity index (χ3n) is 4.56. The number of ether oxygens (including phenoxy) is 1. The lowest BCUT2D eigenvalue weighted by molar-refractivity contribution is -0.137. The standard InChI is InChI=1S/C19H22FN3O3S/c20-15-1-3-17(4-2-15)26-11-18(24)23-9-6-14(7-10-23)19(25)21-8-5-16-12-27-13-22-16/h1-4,12-14H,5-11H2,(H,21,25). The van der Waals surface area contributed by atoms with Crippen molar-refractivity contribution < 1.29 is 18.7 Å². The maximum atomic E-state index is 12.9. The topological polar surface area (TPSA) is 71.5 Å². The summed E-state index contributed by atoms with van der Waals surface area (Å²) in [5.74, 6) is -0.0381. The summed E-state index contributed by atoms with van der Waals surface area (Å²) in [7, 11) is 0. The van der Waals surface area contributed by atoms with Crippen LogP contribution in [0.4, 0.5) is 4.39 Å². The zero-order chi connectivity index (χ0) is 19.1. The van der Waals surface area contributed by atoms with Gasteiger partial charge in [0.25, 0.3) is 5.91 Å². The Morgan fingerprint density at radius 3 is 2.67 bits per heavy atom. The van der Waals surface area contributed by atoms with Gasteiger partial charge in [0.15, 0.2) is 6.61 Å². The van der Waals surface area contributed by atoms with Crippen LogP contribution < -0.4 is 10.1 Å². The Labute approximate surface area is 161 Å². The molecule has 0 spiro atoms. The number of nitrogens with zero attached hydrogens (tertiary/aromatic N) is 2. The van der Waals surface area contributed by atoms with Gasteiger partial charge in [0, 0.05) is 37.4 Å². The molecule has 27 heavy (non-hydrogen) atoms. The molecule has 1 fully saturated rings. The van der Waals surface area contributed by atoms with Crippen molar-refractivity contribution in [1.82, 2.24) is 15.2 Å². The number of likely N-dealkylation sites (tertiary alicyclic amines) is 1. The van der Waals surface area contributed by atoms with Crippen molar-refractivity contribution in [3.05, 3.63) is 46.7 Å². The Hall–Kier alpha value is -2.48. The fraction of sp³-hybridized carbons (Fsp3) is 0.421. The van der Waals surface area contributed by atoms with Crippen LogP contribution in [0.1, 0.15) is 18.5 Å². The summed E-state index contributed by atoms with van der Waals surface area (Å²) >= 11 is 1.54. The molecule has 0 saturated carbocycles. The first kappa shape index (κ1) is 19.3. The van der Waals surface area contributed by atoms with E-state index in [4.69, 9.17) is 4.74 Å². The van der Waals surface area contributed by atoms with Gasteiger partial charge in [-0.2, -0.15) is 0 Å². The van der Waals surface area contributed by atoms with Gasteiger partial charge in [-0.15, -0.1) is 11.3 Å². The molecule has 1 N–H and O–H groups in total. The maximum absolute atomic E-state index is 12.9. The lowest BCUT2D eigenvalue weighted by Gasteiger charge is -2.31. The summed E-state index contributed by atoms with van der Waals surface area (Å²) in [6.07, 6.45) is 2.02. The molecule has 3 rings (SSSR count). The highest BCUT2D eigenvalue weighted by Crippen LogP contribution is 2.18. The van der Waals surface area contributed by atoms with E-state index in [-0.39, 0.29) is 30.2 Å². The first-order valence-electron chi connectivity index (χ1n) is 8.93. The summed E-state index contributed by atoms with van der Waals surface area (Å²) in [4.78, 5) is 30.4. The van der Waals surface area contributed by atoms with Crippen LogP contribution in [0.15, 0.2) is 35.2 Å². The molecular weight excluding hydrogens is 369 g/mol. The molecule has 1 saturated heterocycles. The lowest BCUT2D eigenvalue weighted by Crippen LogP contribution is -2.44. The third kappa shape index (κ3) is 5.75. The van der Waals surface area contributed by atoms with Gasteiger partial charge in [-0.1, -0.05) is 0 Å². The molecule has 1 aromatic carbocycles. The van der Waals surface area contributed by atoms with Gasteiger partial charge in [0.1, 0.15) is 11.6 Å². The average molecular weight is 391 g/mol. The number of amides is 2. The Kier molecular flexibility index (Phi) is 6.75. The van der Waals surface area contributed by atoms with Crippen molar-refractivity contribution in [2.24, 2.45) is 5.92 Å². The van der Waals surface area contributed by atoms with E-state index in [0.717, 1.165) is 12.1 Å². The molecular formula is C19H22FN3O3S. The molecule has 0 atom stereocenters. The van der Waals surface area contributed by atoms with Gasteiger partial charge in [0.2, 0.25) is 5.91 Å². The number of aromatic nitrogens is 1. The highest BCUT2D eigenvalue weighted by Gasteiger charge is 2.27. The van der Waals surface area contributed by atoms with Crippen molar-refractivity contribution in [2.45, 2.75) is 19.3 Å². The number of hydrogen-bond acceptors (Lipinski definition) is 5. The number of benzene rings is 1. The van der Waals surface area contributed by atoms with E-state index in [1.54, 1.807) is 21.7 Å². The van der Waals surface area contributed by atoms with Gasteiger partial charge in [-0.25, -0.2) is 9.37 Å². The fourth-order valence-electron chi connectivity index (χ4n) is 2.98. The van der Waals surface area contributed by atoms with Gasteiger partial charge in [0.05, 0.1) is 11.2 Å². The quantitative estimate of drug-likeness (QED) is 0.786. The van der Waals surface area contributed by atoms with E-state index in [9.17, 15) is 14.0 Å². The second-order valence-corrected chi connectivity index (χ2v) is 7.14. The van der Waals surface area contributed by atoms with E-state index < -0.39 is 0 Å². The van der Waals surface area contributed by atoms with Gasteiger partial charge in [-0.05, 0) is 37.1 Å². The molecule has 0 radical (unpaired) electrons. The van der Waals surface area contributed by atoms with Crippen LogP contribution in [0.5, 0.6) is 5.75 Å². The largest absolute Gasteiger partial charge is 0.484 e. The molecule has 1 aliphatic heterocycles. The molecule has 2 heterocycles. The third-order valence-corrected chi connectivity index (χ3v) is 5.19. The maximum Gasteiger partial charge on any atom is 0.260 e. The molecule has 2 amide bonds. The number of nitrogens with one attached hydrogen (secondary N) is 1. The highest BCUT2D eigenvalue weighted by atomic mass is 32.1. The van der Waals surface area contributed by atoms with Crippen molar-refractivity contribution in [1.29, 1.82) is 0 Å². The predicted molar refractivity (Wildman–Crippen MR) is 100 cm³/mol. The summed E-state index contributed by atoms with van der Waals surface area (Å²) in [6, 6.07) is 5.56. The average Bonchev–Trinajstić information content (AvgIpc) is 3.21. The minimum Gasteiger partial charge on any atom is -0.484 e. The number of halogens is 1. The first-order chi connectivity index (χ1) is 13.1. The number of thiazole rings is 1. The number of piperidine rings is 1. The number of carbonyl (C=O) groups is 2. The fourth-order valence-corrected chi connectivity index (χ4v) is 3.57. The Morgan fingerprint density at radius 1 is 1.26 bits per heavy atom. The van der Waals surface area contributed by atoms with E-state index in [1.165, 1.54) is 24.3 Å². The van der Waals surface area contributed by atoms with Crippen LogP contribution in [-0.2, 0) is 16.0 Å². The number of hydrogen-bond donors (Lipinski definition) is 1. The van der Waals surface area contributed by atoms with Gasteiger partial charge < -0.3 is 15.0 Å². The second kappa shape index (κ2) is 9.45. The Balaban J connectivity index is 1.35. The van der Waals surface area contributed by atoms with Gasteiger partial charge in [-0.3, -0.25) is 9.59 Å².